The molecule has 2 heterocycles. The predicted octanol–water partition coefficient (Wildman–Crippen LogP) is 5.85. The highest BCUT2D eigenvalue weighted by Crippen LogP contribution is 2.30. The van der Waals surface area contributed by atoms with Crippen LogP contribution in [0.25, 0.3) is 11.1 Å². The van der Waals surface area contributed by atoms with E-state index in [1.54, 1.807) is 0 Å². The van der Waals surface area contributed by atoms with E-state index >= 15 is 0 Å². The van der Waals surface area contributed by atoms with E-state index in [4.69, 9.17) is 0 Å². The van der Waals surface area contributed by atoms with Crippen LogP contribution in [0.15, 0.2) is 42.5 Å². The van der Waals surface area contributed by atoms with Crippen molar-refractivity contribution in [2.24, 2.45) is 5.92 Å². The molecule has 170 valence electrons. The van der Waals surface area contributed by atoms with Gasteiger partial charge in [-0.3, -0.25) is 4.79 Å². The molecule has 0 bridgehead atoms. The zero-order chi connectivity index (χ0) is 21.9. The lowest BCUT2D eigenvalue weighted by Crippen LogP contribution is -2.40. The minimum Gasteiger partial charge on any atom is -0.338 e. The minimum atomic E-state index is 0.275. The SMILES string of the molecule is CC1CCCN1CCc1ccc(-c2ccc3c(c2)CCN(C(=O)C2CCCCC2)C3)cc1. The molecule has 1 saturated heterocycles. The first-order valence-corrected chi connectivity index (χ1v) is 12.9. The van der Waals surface area contributed by atoms with Crippen molar-refractivity contribution in [1.29, 1.82) is 0 Å². The molecule has 1 unspecified atom stereocenters. The normalized spacial score (nSPS) is 22.2. The lowest BCUT2D eigenvalue weighted by molar-refractivity contribution is -0.137. The number of carbonyl (C=O) groups excluding carboxylic acids is 1. The molecule has 0 N–H and O–H groups in total. The second-order valence-electron chi connectivity index (χ2n) is 10.3. The molecule has 3 aliphatic rings. The third-order valence-corrected chi connectivity index (χ3v) is 8.15. The van der Waals surface area contributed by atoms with Crippen molar-refractivity contribution in [2.45, 2.75) is 77.3 Å². The van der Waals surface area contributed by atoms with Crippen molar-refractivity contribution >= 4 is 5.91 Å². The van der Waals surface area contributed by atoms with Gasteiger partial charge in [-0.2, -0.15) is 0 Å². The van der Waals surface area contributed by atoms with E-state index in [0.717, 1.165) is 44.8 Å². The number of carbonyl (C=O) groups is 1. The fraction of sp³-hybridized carbons (Fsp3) is 0.552. The highest BCUT2D eigenvalue weighted by Gasteiger charge is 2.28. The fourth-order valence-corrected chi connectivity index (χ4v) is 5.99. The van der Waals surface area contributed by atoms with Gasteiger partial charge in [0.15, 0.2) is 0 Å². The monoisotopic (exact) mass is 430 g/mol. The van der Waals surface area contributed by atoms with Crippen molar-refractivity contribution in [3.8, 4) is 11.1 Å². The number of amides is 1. The van der Waals surface area contributed by atoms with E-state index in [2.05, 4.69) is 59.2 Å². The largest absolute Gasteiger partial charge is 0.338 e. The third kappa shape index (κ3) is 4.78. The standard InChI is InChI=1S/C29H38N2O/c1-22-6-5-17-30(22)18-15-23-9-11-24(12-10-23)26-13-14-28-21-31(19-16-27(28)20-26)29(32)25-7-3-2-4-8-25/h9-14,20,22,25H,2-8,15-19,21H2,1H3. The number of hydrogen-bond acceptors (Lipinski definition) is 2. The van der Waals surface area contributed by atoms with Gasteiger partial charge >= 0.3 is 0 Å². The third-order valence-electron chi connectivity index (χ3n) is 8.15. The van der Waals surface area contributed by atoms with Crippen LogP contribution < -0.4 is 0 Å². The van der Waals surface area contributed by atoms with Crippen molar-refractivity contribution < 1.29 is 4.79 Å². The Morgan fingerprint density at radius 3 is 2.41 bits per heavy atom. The molecule has 0 radical (unpaired) electrons. The zero-order valence-electron chi connectivity index (χ0n) is 19.7. The smallest absolute Gasteiger partial charge is 0.225 e. The van der Waals surface area contributed by atoms with Gasteiger partial charge in [0.2, 0.25) is 5.91 Å². The average Bonchev–Trinajstić information content (AvgIpc) is 3.27. The summed E-state index contributed by atoms with van der Waals surface area (Å²) in [5, 5.41) is 0. The van der Waals surface area contributed by atoms with Crippen molar-refractivity contribution in [3.63, 3.8) is 0 Å². The van der Waals surface area contributed by atoms with Crippen molar-refractivity contribution in [3.05, 3.63) is 59.2 Å². The summed E-state index contributed by atoms with van der Waals surface area (Å²) in [5.74, 6) is 0.676. The predicted molar refractivity (Wildman–Crippen MR) is 132 cm³/mol. The first-order chi connectivity index (χ1) is 15.7. The first kappa shape index (κ1) is 21.7. The van der Waals surface area contributed by atoms with Crippen LogP contribution in [-0.2, 0) is 24.2 Å². The zero-order valence-corrected chi connectivity index (χ0v) is 19.7. The highest BCUT2D eigenvalue weighted by atomic mass is 16.2. The number of benzene rings is 2. The summed E-state index contributed by atoms with van der Waals surface area (Å²) in [7, 11) is 0. The summed E-state index contributed by atoms with van der Waals surface area (Å²) in [4.78, 5) is 17.7. The Morgan fingerprint density at radius 1 is 0.875 bits per heavy atom. The molecule has 3 nitrogen and oxygen atoms in total. The molecular weight excluding hydrogens is 392 g/mol. The molecule has 0 aromatic heterocycles. The molecule has 3 heteroatoms. The van der Waals surface area contributed by atoms with E-state index in [0.29, 0.717) is 5.91 Å². The molecule has 1 amide bonds. The van der Waals surface area contributed by atoms with Crippen LogP contribution in [0, 0.1) is 5.92 Å². The van der Waals surface area contributed by atoms with Crippen LogP contribution >= 0.6 is 0 Å². The molecule has 1 saturated carbocycles. The summed E-state index contributed by atoms with van der Waals surface area (Å²) >= 11 is 0. The summed E-state index contributed by atoms with van der Waals surface area (Å²) < 4.78 is 0. The first-order valence-electron chi connectivity index (χ1n) is 12.9. The van der Waals surface area contributed by atoms with Gasteiger partial charge in [-0.05, 0) is 79.8 Å². The average molecular weight is 431 g/mol. The van der Waals surface area contributed by atoms with Crippen LogP contribution in [0.1, 0.15) is 68.6 Å². The second-order valence-corrected chi connectivity index (χ2v) is 10.3. The quantitative estimate of drug-likeness (QED) is 0.594. The highest BCUT2D eigenvalue weighted by molar-refractivity contribution is 5.79. The summed E-state index contributed by atoms with van der Waals surface area (Å²) in [6.07, 6.45) is 10.7. The molecule has 2 fully saturated rings. The maximum Gasteiger partial charge on any atom is 0.225 e. The Kier molecular flexibility index (Phi) is 6.64. The van der Waals surface area contributed by atoms with Crippen molar-refractivity contribution in [2.75, 3.05) is 19.6 Å². The summed E-state index contributed by atoms with van der Waals surface area (Å²) in [6.45, 7) is 6.46. The maximum absolute atomic E-state index is 13.0. The van der Waals surface area contributed by atoms with Gasteiger partial charge in [0.25, 0.3) is 0 Å². The topological polar surface area (TPSA) is 23.6 Å². The van der Waals surface area contributed by atoms with E-state index in [1.807, 2.05) is 0 Å². The number of hydrogen-bond donors (Lipinski definition) is 0. The minimum absolute atomic E-state index is 0.275. The van der Waals surface area contributed by atoms with Gasteiger partial charge < -0.3 is 9.80 Å². The molecule has 5 rings (SSSR count). The lowest BCUT2D eigenvalue weighted by atomic mass is 9.87. The Bertz CT molecular complexity index is 929. The summed E-state index contributed by atoms with van der Waals surface area (Å²) in [6, 6.07) is 16.8. The lowest BCUT2D eigenvalue weighted by Gasteiger charge is -2.33. The van der Waals surface area contributed by atoms with Crippen LogP contribution in [-0.4, -0.2) is 41.4 Å². The van der Waals surface area contributed by atoms with Crippen molar-refractivity contribution in [1.82, 2.24) is 9.80 Å². The Morgan fingerprint density at radius 2 is 1.66 bits per heavy atom. The van der Waals surface area contributed by atoms with Gasteiger partial charge in [-0.15, -0.1) is 0 Å². The van der Waals surface area contributed by atoms with E-state index in [-0.39, 0.29) is 5.92 Å². The van der Waals surface area contributed by atoms with Gasteiger partial charge in [0.05, 0.1) is 0 Å². The molecular formula is C29H38N2O. The molecule has 2 aliphatic heterocycles. The maximum atomic E-state index is 13.0. The van der Waals surface area contributed by atoms with Gasteiger partial charge in [-0.1, -0.05) is 61.7 Å². The Hall–Kier alpha value is -2.13. The van der Waals surface area contributed by atoms with Gasteiger partial charge in [0, 0.05) is 31.6 Å². The van der Waals surface area contributed by atoms with E-state index < -0.39 is 0 Å². The Labute approximate surface area is 193 Å². The van der Waals surface area contributed by atoms with Gasteiger partial charge in [0.1, 0.15) is 0 Å². The van der Waals surface area contributed by atoms with Crippen LogP contribution in [0.3, 0.4) is 0 Å². The van der Waals surface area contributed by atoms with E-state index in [1.165, 1.54) is 73.0 Å². The molecule has 1 aliphatic carbocycles. The number of nitrogens with zero attached hydrogens (tertiary/aromatic N) is 2. The molecule has 2 aromatic rings. The number of rotatable bonds is 5. The van der Waals surface area contributed by atoms with Crippen LogP contribution in [0.5, 0.6) is 0 Å². The van der Waals surface area contributed by atoms with Crippen LogP contribution in [0.4, 0.5) is 0 Å². The van der Waals surface area contributed by atoms with E-state index in [9.17, 15) is 4.79 Å². The van der Waals surface area contributed by atoms with Crippen LogP contribution in [0.2, 0.25) is 0 Å². The summed E-state index contributed by atoms with van der Waals surface area (Å²) in [5.41, 5.74) is 6.79. The molecule has 1 atom stereocenters. The molecule has 32 heavy (non-hydrogen) atoms. The van der Waals surface area contributed by atoms with Gasteiger partial charge in [-0.25, -0.2) is 0 Å². The number of fused-ring (bicyclic) bond motifs is 1. The molecule has 2 aromatic carbocycles. The Balaban J connectivity index is 1.21. The molecule has 0 spiro atoms. The second kappa shape index (κ2) is 9.79. The number of likely N-dealkylation sites (tertiary alicyclic amines) is 1. The fourth-order valence-electron chi connectivity index (χ4n) is 5.99.